The predicted molar refractivity (Wildman–Crippen MR) is 198 cm³/mol. The van der Waals surface area contributed by atoms with Crippen LogP contribution in [-0.2, 0) is 32.7 Å². The molecule has 0 radical (unpaired) electrons. The third kappa shape index (κ3) is 4.54. The van der Waals surface area contributed by atoms with Gasteiger partial charge in [0, 0.05) is 58.4 Å². The van der Waals surface area contributed by atoms with Crippen molar-refractivity contribution in [1.82, 2.24) is 20.5 Å². The van der Waals surface area contributed by atoms with E-state index in [4.69, 9.17) is 23.7 Å². The highest BCUT2D eigenvalue weighted by atomic mass is 32.2. The van der Waals surface area contributed by atoms with Crippen LogP contribution in [0.1, 0.15) is 74.5 Å². The Bertz CT molecular complexity index is 2310. The quantitative estimate of drug-likeness (QED) is 0.147. The standard InChI is InChI=1S/C40H42N4O9S/c1-16-6-7-23-22(10-16)21-8-9-41-40(37(21)43-23)14-54-36-28-27(35-34(51-15-52-35)18(3)33(28)53-19(4)45)25(13-50-39(40)48)44-30(36)29-26-20(12-24(42-29)38(44)47)11-17(2)32(49-5)31(26)46/h6-7,10-11,24-25,29-30,36,38,41-43,46-47H,8-9,12-15H2,1-5H3/t24?,25-,29?,30+,36+,38-,40+/m0/s1. The third-order valence-corrected chi connectivity index (χ3v) is 13.8. The molecule has 7 aliphatic heterocycles. The summed E-state index contributed by atoms with van der Waals surface area (Å²) in [4.78, 5) is 33.3. The topological polar surface area (TPSA) is 164 Å². The molecule has 7 aliphatic rings. The van der Waals surface area contributed by atoms with Gasteiger partial charge in [-0.05, 0) is 62.4 Å². The van der Waals surface area contributed by atoms with Gasteiger partial charge in [-0.3, -0.25) is 15.0 Å². The number of phenolic OH excluding ortho intramolecular Hbond substituents is 1. The second kappa shape index (κ2) is 12.0. The molecule has 0 amide bonds. The molecular weight excluding hydrogens is 713 g/mol. The Morgan fingerprint density at radius 1 is 1.07 bits per heavy atom. The number of hydrogen-bond acceptors (Lipinski definition) is 13. The Kier molecular flexibility index (Phi) is 7.58. The minimum absolute atomic E-state index is 0.0364. The molecule has 2 saturated heterocycles. The zero-order valence-corrected chi connectivity index (χ0v) is 31.4. The lowest BCUT2D eigenvalue weighted by atomic mass is 9.74. The molecule has 282 valence electrons. The Morgan fingerprint density at radius 3 is 2.69 bits per heavy atom. The van der Waals surface area contributed by atoms with Crippen molar-refractivity contribution in [2.45, 2.75) is 81.7 Å². The van der Waals surface area contributed by atoms with Crippen LogP contribution in [0.4, 0.5) is 0 Å². The number of aromatic hydroxyl groups is 1. The van der Waals surface area contributed by atoms with Crippen LogP contribution < -0.4 is 29.6 Å². The highest BCUT2D eigenvalue weighted by molar-refractivity contribution is 7.99. The molecule has 0 aliphatic carbocycles. The second-order valence-corrected chi connectivity index (χ2v) is 16.5. The Morgan fingerprint density at radius 2 is 1.89 bits per heavy atom. The van der Waals surface area contributed by atoms with E-state index in [9.17, 15) is 19.8 Å². The lowest BCUT2D eigenvalue weighted by Crippen LogP contribution is -2.69. The molecule has 8 heterocycles. The molecule has 3 aromatic carbocycles. The molecular formula is C40H42N4O9S. The lowest BCUT2D eigenvalue weighted by Gasteiger charge is -2.59. The number of H-pyrrole nitrogens is 1. The van der Waals surface area contributed by atoms with Crippen molar-refractivity contribution in [1.29, 1.82) is 0 Å². The molecule has 5 N–H and O–H groups in total. The highest BCUT2D eigenvalue weighted by Crippen LogP contribution is 2.63. The van der Waals surface area contributed by atoms with Crippen molar-refractivity contribution in [3.05, 3.63) is 74.5 Å². The maximum absolute atomic E-state index is 14.8. The van der Waals surface area contributed by atoms with E-state index in [1.165, 1.54) is 18.7 Å². The van der Waals surface area contributed by atoms with Crippen LogP contribution >= 0.6 is 11.8 Å². The molecule has 1 aromatic heterocycles. The fraction of sp³-hybridized carbons (Fsp3) is 0.450. The van der Waals surface area contributed by atoms with Crippen LogP contribution in [0, 0.1) is 20.8 Å². The van der Waals surface area contributed by atoms with Gasteiger partial charge in [0.05, 0.1) is 36.2 Å². The van der Waals surface area contributed by atoms with Crippen molar-refractivity contribution in [2.75, 3.05) is 32.8 Å². The van der Waals surface area contributed by atoms with Gasteiger partial charge in [-0.15, -0.1) is 11.8 Å². The number of carbonyl (C=O) groups excluding carboxylic acids is 2. The second-order valence-electron chi connectivity index (χ2n) is 15.3. The maximum Gasteiger partial charge on any atom is 0.333 e. The van der Waals surface area contributed by atoms with Crippen molar-refractivity contribution in [3.63, 3.8) is 0 Å². The number of nitrogens with zero attached hydrogens (tertiary/aromatic N) is 1. The first kappa shape index (κ1) is 34.1. The Labute approximate surface area is 315 Å². The van der Waals surface area contributed by atoms with Gasteiger partial charge in [0.1, 0.15) is 18.6 Å². The summed E-state index contributed by atoms with van der Waals surface area (Å²) in [5.41, 5.74) is 7.13. The number of fused-ring (bicyclic) bond motifs is 11. The number of esters is 2. The van der Waals surface area contributed by atoms with E-state index < -0.39 is 53.1 Å². The number of phenols is 1. The van der Waals surface area contributed by atoms with Crippen molar-refractivity contribution in [3.8, 4) is 28.7 Å². The largest absolute Gasteiger partial charge is 0.504 e. The maximum atomic E-state index is 14.8. The van der Waals surface area contributed by atoms with Gasteiger partial charge >= 0.3 is 11.9 Å². The summed E-state index contributed by atoms with van der Waals surface area (Å²) >= 11 is 1.53. The van der Waals surface area contributed by atoms with Gasteiger partial charge < -0.3 is 44.2 Å². The number of aliphatic hydroxyl groups is 1. The first-order chi connectivity index (χ1) is 26.0. The number of aromatic amines is 1. The summed E-state index contributed by atoms with van der Waals surface area (Å²) in [7, 11) is 1.54. The van der Waals surface area contributed by atoms with Gasteiger partial charge in [-0.2, -0.15) is 0 Å². The van der Waals surface area contributed by atoms with Crippen LogP contribution in [0.3, 0.4) is 0 Å². The van der Waals surface area contributed by atoms with Crippen LogP contribution in [0.5, 0.6) is 28.7 Å². The predicted octanol–water partition coefficient (Wildman–Crippen LogP) is 4.15. The number of aryl methyl sites for hydroxylation is 2. The van der Waals surface area contributed by atoms with E-state index in [1.54, 1.807) is 7.11 Å². The highest BCUT2D eigenvalue weighted by Gasteiger charge is 2.60. The first-order valence-corrected chi connectivity index (χ1v) is 19.5. The van der Waals surface area contributed by atoms with Crippen LogP contribution in [0.15, 0.2) is 24.3 Å². The number of rotatable bonds is 2. The molecule has 7 atom stereocenters. The van der Waals surface area contributed by atoms with Gasteiger partial charge in [0.15, 0.2) is 28.5 Å². The summed E-state index contributed by atoms with van der Waals surface area (Å²) in [5.74, 6) is 1.07. The van der Waals surface area contributed by atoms with E-state index in [0.717, 1.165) is 50.8 Å². The number of nitrogens with one attached hydrogen (secondary N) is 3. The van der Waals surface area contributed by atoms with Crippen LogP contribution in [-0.4, -0.2) is 83.2 Å². The molecule has 1 spiro atoms. The van der Waals surface area contributed by atoms with Gasteiger partial charge in [0.25, 0.3) is 0 Å². The minimum Gasteiger partial charge on any atom is -0.504 e. The summed E-state index contributed by atoms with van der Waals surface area (Å²) < 4.78 is 30.5. The summed E-state index contributed by atoms with van der Waals surface area (Å²) in [6.07, 6.45) is 0.163. The van der Waals surface area contributed by atoms with Crippen molar-refractivity contribution in [2.24, 2.45) is 0 Å². The molecule has 54 heavy (non-hydrogen) atoms. The van der Waals surface area contributed by atoms with Crippen molar-refractivity contribution < 1.29 is 43.5 Å². The number of benzene rings is 3. The minimum atomic E-state index is -1.24. The molecule has 2 unspecified atom stereocenters. The lowest BCUT2D eigenvalue weighted by molar-refractivity contribution is -0.164. The SMILES string of the molecule is COc1c(C)cc2c(c1O)C1NC(C2)[C@H](O)N2[C@H]1[C@@H]1SC[C@]3(NCCc4c3[nH]c3ccc(C)cc43)C(=O)OC[C@H]2c2c3c(c(C)c(OC(C)=O)c21)OCO3. The van der Waals surface area contributed by atoms with E-state index >= 15 is 0 Å². The average Bonchev–Trinajstić information content (AvgIpc) is 3.79. The van der Waals surface area contributed by atoms with E-state index in [-0.39, 0.29) is 24.9 Å². The fourth-order valence-electron chi connectivity index (χ4n) is 10.2. The summed E-state index contributed by atoms with van der Waals surface area (Å²) in [5, 5.41) is 32.2. The van der Waals surface area contributed by atoms with Crippen LogP contribution in [0.25, 0.3) is 10.9 Å². The molecule has 0 saturated carbocycles. The number of methoxy groups -OCH3 is 1. The summed E-state index contributed by atoms with van der Waals surface area (Å²) in [6, 6.07) is 6.11. The van der Waals surface area contributed by atoms with E-state index in [0.29, 0.717) is 52.7 Å². The molecule has 4 aromatic rings. The monoisotopic (exact) mass is 754 g/mol. The van der Waals surface area contributed by atoms with E-state index in [1.807, 2.05) is 24.8 Å². The third-order valence-electron chi connectivity index (χ3n) is 12.4. The first-order valence-electron chi connectivity index (χ1n) is 18.4. The number of piperazine rings is 1. The molecule has 14 heteroatoms. The molecule has 2 fully saturated rings. The zero-order chi connectivity index (χ0) is 37.4. The Balaban J connectivity index is 1.23. The molecule has 11 rings (SSSR count). The van der Waals surface area contributed by atoms with Crippen molar-refractivity contribution >= 4 is 34.6 Å². The smallest absolute Gasteiger partial charge is 0.333 e. The summed E-state index contributed by atoms with van der Waals surface area (Å²) in [6.45, 7) is 7.57. The van der Waals surface area contributed by atoms with Gasteiger partial charge in [0.2, 0.25) is 6.79 Å². The van der Waals surface area contributed by atoms with Gasteiger partial charge in [-0.25, -0.2) is 4.79 Å². The zero-order valence-electron chi connectivity index (χ0n) is 30.6. The number of carbonyl (C=O) groups is 2. The van der Waals surface area contributed by atoms with Crippen LogP contribution in [0.2, 0.25) is 0 Å². The average molecular weight is 755 g/mol. The Hall–Kier alpha value is -4.47. The number of aromatic nitrogens is 1. The van der Waals surface area contributed by atoms with Gasteiger partial charge in [-0.1, -0.05) is 17.7 Å². The number of hydrogen-bond donors (Lipinski definition) is 5. The number of thioether (sulfide) groups is 1. The molecule has 4 bridgehead atoms. The normalized spacial score (nSPS) is 29.3. The fourth-order valence-corrected chi connectivity index (χ4v) is 11.9. The molecule has 13 nitrogen and oxygen atoms in total. The van der Waals surface area contributed by atoms with E-state index in [2.05, 4.69) is 40.7 Å². The number of ether oxygens (including phenoxy) is 5. The number of aliphatic hydroxyl groups excluding tert-OH is 1.